The highest BCUT2D eigenvalue weighted by molar-refractivity contribution is 5.93. The third-order valence-electron chi connectivity index (χ3n) is 7.10. The van der Waals surface area contributed by atoms with Crippen LogP contribution in [-0.4, -0.2) is 52.1 Å². The summed E-state index contributed by atoms with van der Waals surface area (Å²) in [5, 5.41) is 15.6. The fraction of sp³-hybridized carbons (Fsp3) is 0.485. The lowest BCUT2D eigenvalue weighted by Crippen LogP contribution is -2.58. The molecule has 0 aliphatic heterocycles. The molecule has 0 saturated heterocycles. The van der Waals surface area contributed by atoms with Crippen LogP contribution in [0.1, 0.15) is 89.0 Å². The van der Waals surface area contributed by atoms with Crippen molar-refractivity contribution in [3.8, 4) is 18.1 Å². The number of rotatable bonds is 12. The molecule has 220 valence electrons. The van der Waals surface area contributed by atoms with E-state index in [1.54, 1.807) is 49.9 Å². The largest absolute Gasteiger partial charge is 0.508 e. The summed E-state index contributed by atoms with van der Waals surface area (Å²) in [6.45, 7) is 7.83. The molecule has 41 heavy (non-hydrogen) atoms. The maximum Gasteiger partial charge on any atom is 0.408 e. The van der Waals surface area contributed by atoms with Crippen LogP contribution in [0.3, 0.4) is 0 Å². The number of unbranched alkanes of at least 4 members (excludes halogenated alkanes) is 2. The van der Waals surface area contributed by atoms with E-state index in [2.05, 4.69) is 23.5 Å². The Hall–Kier alpha value is -3.99. The molecule has 1 fully saturated rings. The molecule has 0 radical (unpaired) electrons. The Kier molecular flexibility index (Phi) is 11.2. The molecule has 2 unspecified atom stereocenters. The van der Waals surface area contributed by atoms with Crippen molar-refractivity contribution >= 4 is 17.9 Å². The highest BCUT2D eigenvalue weighted by atomic mass is 16.6. The molecule has 3 N–H and O–H groups in total. The summed E-state index contributed by atoms with van der Waals surface area (Å²) < 4.78 is 5.49. The van der Waals surface area contributed by atoms with Gasteiger partial charge in [0.15, 0.2) is 0 Å². The minimum absolute atomic E-state index is 0.0959. The molecule has 1 saturated carbocycles. The topological polar surface area (TPSA) is 108 Å². The van der Waals surface area contributed by atoms with Crippen LogP contribution in [0.4, 0.5) is 4.79 Å². The van der Waals surface area contributed by atoms with E-state index in [0.717, 1.165) is 44.1 Å². The van der Waals surface area contributed by atoms with Gasteiger partial charge in [-0.1, -0.05) is 56.0 Å². The van der Waals surface area contributed by atoms with Crippen LogP contribution in [0.5, 0.6) is 5.75 Å². The first-order valence-electron chi connectivity index (χ1n) is 14.5. The first kappa shape index (κ1) is 31.5. The zero-order chi connectivity index (χ0) is 30.0. The highest BCUT2D eigenvalue weighted by Crippen LogP contribution is 2.35. The van der Waals surface area contributed by atoms with Gasteiger partial charge in [-0.2, -0.15) is 0 Å². The van der Waals surface area contributed by atoms with Crippen molar-refractivity contribution < 1.29 is 24.2 Å². The van der Waals surface area contributed by atoms with Crippen LogP contribution in [0, 0.1) is 12.3 Å². The van der Waals surface area contributed by atoms with Gasteiger partial charge in [0.05, 0.1) is 0 Å². The lowest BCUT2D eigenvalue weighted by atomic mass is 9.87. The van der Waals surface area contributed by atoms with Gasteiger partial charge in [-0.25, -0.2) is 4.79 Å². The summed E-state index contributed by atoms with van der Waals surface area (Å²) in [5.74, 6) is 2.08. The summed E-state index contributed by atoms with van der Waals surface area (Å²) in [6, 6.07) is 11.5. The Bertz CT molecular complexity index is 1220. The van der Waals surface area contributed by atoms with Gasteiger partial charge in [-0.15, -0.1) is 6.42 Å². The average molecular weight is 562 g/mol. The number of alkyl carbamates (subject to hydrolysis) is 1. The maximum atomic E-state index is 14.5. The van der Waals surface area contributed by atoms with Crippen molar-refractivity contribution in [3.05, 3.63) is 65.2 Å². The number of phenols is 1. The summed E-state index contributed by atoms with van der Waals surface area (Å²) in [7, 11) is 0. The molecule has 1 aliphatic rings. The number of terminal acetylenes is 1. The van der Waals surface area contributed by atoms with E-state index >= 15 is 0 Å². The van der Waals surface area contributed by atoms with Crippen molar-refractivity contribution in [3.63, 3.8) is 0 Å². The van der Waals surface area contributed by atoms with E-state index in [-0.39, 0.29) is 24.1 Å². The molecule has 2 aromatic carbocycles. The van der Waals surface area contributed by atoms with E-state index in [1.807, 2.05) is 12.1 Å². The second-order valence-electron chi connectivity index (χ2n) is 11.5. The average Bonchev–Trinajstić information content (AvgIpc) is 2.89. The van der Waals surface area contributed by atoms with Crippen molar-refractivity contribution in [2.24, 2.45) is 0 Å². The number of carbonyl (C=O) groups is 3. The lowest BCUT2D eigenvalue weighted by Gasteiger charge is -2.44. The Morgan fingerprint density at radius 1 is 1.10 bits per heavy atom. The molecule has 3 amide bonds. The summed E-state index contributed by atoms with van der Waals surface area (Å²) in [5.41, 5.74) is 1.07. The number of phenolic OH excluding ortho intramolecular Hbond substituents is 1. The number of nitrogens with zero attached hydrogens (tertiary/aromatic N) is 1. The number of aromatic hydroxyl groups is 1. The predicted octanol–water partition coefficient (Wildman–Crippen LogP) is 5.24. The highest BCUT2D eigenvalue weighted by Gasteiger charge is 2.42. The summed E-state index contributed by atoms with van der Waals surface area (Å²) >= 11 is 0. The Morgan fingerprint density at radius 3 is 2.37 bits per heavy atom. The van der Waals surface area contributed by atoms with Gasteiger partial charge in [-0.3, -0.25) is 9.59 Å². The van der Waals surface area contributed by atoms with E-state index in [4.69, 9.17) is 11.2 Å². The van der Waals surface area contributed by atoms with E-state index in [1.165, 1.54) is 12.1 Å². The van der Waals surface area contributed by atoms with Crippen LogP contribution < -0.4 is 10.6 Å². The number of benzene rings is 2. The molecule has 0 aromatic heterocycles. The maximum absolute atomic E-state index is 14.5. The molecule has 0 heterocycles. The number of ether oxygens (including phenoxy) is 1. The number of hydrogen-bond acceptors (Lipinski definition) is 5. The molecule has 2 aromatic rings. The van der Waals surface area contributed by atoms with Gasteiger partial charge < -0.3 is 25.4 Å². The van der Waals surface area contributed by atoms with E-state index in [0.29, 0.717) is 17.7 Å². The minimum Gasteiger partial charge on any atom is -0.508 e. The zero-order valence-electron chi connectivity index (χ0n) is 24.6. The van der Waals surface area contributed by atoms with Crippen LogP contribution >= 0.6 is 0 Å². The molecule has 1 aliphatic carbocycles. The number of carbonyl (C=O) groups excluding carboxylic acids is 3. The SMILES string of the molecule is C#Cc1ccccc1C(C(=O)NCCCCC)N(C(=O)C(Cc1ccc(O)cc1)NC(=O)OC(C)(C)C)C1CCC1. The molecule has 0 bridgehead atoms. The van der Waals surface area contributed by atoms with Crippen LogP contribution in [0.25, 0.3) is 0 Å². The summed E-state index contributed by atoms with van der Waals surface area (Å²) in [6.07, 6.45) is 10.5. The Labute approximate surface area is 243 Å². The third kappa shape index (κ3) is 9.01. The lowest BCUT2D eigenvalue weighted by molar-refractivity contribution is -0.147. The van der Waals surface area contributed by atoms with Gasteiger partial charge in [0, 0.05) is 24.6 Å². The Balaban J connectivity index is 2.04. The fourth-order valence-electron chi connectivity index (χ4n) is 4.85. The van der Waals surface area contributed by atoms with Gasteiger partial charge in [0.2, 0.25) is 11.8 Å². The molecule has 0 spiro atoms. The van der Waals surface area contributed by atoms with Crippen molar-refractivity contribution in [2.45, 2.75) is 96.4 Å². The molecule has 8 heteroatoms. The Morgan fingerprint density at radius 2 is 1.78 bits per heavy atom. The monoisotopic (exact) mass is 561 g/mol. The van der Waals surface area contributed by atoms with Crippen molar-refractivity contribution in [1.29, 1.82) is 0 Å². The number of hydrogen-bond donors (Lipinski definition) is 3. The first-order chi connectivity index (χ1) is 19.5. The van der Waals surface area contributed by atoms with Gasteiger partial charge in [0.25, 0.3) is 0 Å². The molecule has 2 atom stereocenters. The number of amides is 3. The molecule has 3 rings (SSSR count). The molecular weight excluding hydrogens is 518 g/mol. The van der Waals surface area contributed by atoms with Crippen molar-refractivity contribution in [2.75, 3.05) is 6.54 Å². The van der Waals surface area contributed by atoms with Crippen LogP contribution in [0.2, 0.25) is 0 Å². The second-order valence-corrected chi connectivity index (χ2v) is 11.5. The second kappa shape index (κ2) is 14.6. The molecule has 8 nitrogen and oxygen atoms in total. The molecular formula is C33H43N3O5. The van der Waals surface area contributed by atoms with Crippen LogP contribution in [-0.2, 0) is 20.7 Å². The predicted molar refractivity (Wildman–Crippen MR) is 159 cm³/mol. The van der Waals surface area contributed by atoms with Gasteiger partial charge >= 0.3 is 6.09 Å². The van der Waals surface area contributed by atoms with Gasteiger partial charge in [-0.05, 0) is 75.8 Å². The van der Waals surface area contributed by atoms with Gasteiger partial charge in [0.1, 0.15) is 23.4 Å². The zero-order valence-corrected chi connectivity index (χ0v) is 24.6. The first-order valence-corrected chi connectivity index (χ1v) is 14.5. The standard InChI is InChI=1S/C33H43N3O5/c1-6-8-11-21-34-30(38)29(27-16-10-9-13-24(27)7-2)36(25-14-12-15-25)31(39)28(35-32(40)41-33(3,4)5)22-23-17-19-26(37)20-18-23/h2,9-10,13,16-20,25,28-29,37H,6,8,11-12,14-15,21-22H2,1,3-5H3,(H,34,38)(H,35,40). The third-order valence-corrected chi connectivity index (χ3v) is 7.10. The van der Waals surface area contributed by atoms with Crippen LogP contribution in [0.15, 0.2) is 48.5 Å². The normalized spacial score (nSPS) is 14.6. The van der Waals surface area contributed by atoms with E-state index < -0.39 is 29.7 Å². The quantitative estimate of drug-likeness (QED) is 0.243. The van der Waals surface area contributed by atoms with E-state index in [9.17, 15) is 19.5 Å². The smallest absolute Gasteiger partial charge is 0.408 e. The number of nitrogens with one attached hydrogen (secondary N) is 2. The summed E-state index contributed by atoms with van der Waals surface area (Å²) in [4.78, 5) is 42.9. The van der Waals surface area contributed by atoms with Crippen molar-refractivity contribution in [1.82, 2.24) is 15.5 Å². The fourth-order valence-corrected chi connectivity index (χ4v) is 4.85. The minimum atomic E-state index is -1.02.